The average molecular weight is 465 g/mol. The maximum absolute atomic E-state index is 12.8. The number of hydrogen-bond donors (Lipinski definition) is 2. The van der Waals surface area contributed by atoms with Crippen molar-refractivity contribution < 1.29 is 19.7 Å². The van der Waals surface area contributed by atoms with Crippen LogP contribution in [0.25, 0.3) is 11.6 Å². The predicted molar refractivity (Wildman–Crippen MR) is 135 cm³/mol. The third-order valence-corrected chi connectivity index (χ3v) is 11.5. The molecule has 2 N–H and O–H groups in total. The summed E-state index contributed by atoms with van der Waals surface area (Å²) in [6.45, 7) is 13.7. The van der Waals surface area contributed by atoms with Crippen LogP contribution < -0.4 is 0 Å². The van der Waals surface area contributed by atoms with Gasteiger partial charge in [-0.15, -0.1) is 0 Å². The molecule has 4 nitrogen and oxygen atoms in total. The highest BCUT2D eigenvalue weighted by molar-refractivity contribution is 5.87. The lowest BCUT2D eigenvalue weighted by atomic mass is 9.33. The number of fused-ring (bicyclic) bond motifs is 7. The molecule has 6 atom stereocenters. The Morgan fingerprint density at radius 1 is 1.06 bits per heavy atom. The molecule has 0 amide bonds. The topological polar surface area (TPSA) is 66.8 Å². The van der Waals surface area contributed by atoms with E-state index in [4.69, 9.17) is 4.74 Å². The quantitative estimate of drug-likeness (QED) is 0.346. The summed E-state index contributed by atoms with van der Waals surface area (Å²) in [4.78, 5) is 12.8. The van der Waals surface area contributed by atoms with Crippen molar-refractivity contribution in [3.8, 4) is 11.5 Å². The van der Waals surface area contributed by atoms with Gasteiger partial charge in [0.05, 0.1) is 12.5 Å². The van der Waals surface area contributed by atoms with E-state index in [1.165, 1.54) is 12.7 Å². The molecule has 0 bridgehead atoms. The monoisotopic (exact) mass is 464 g/mol. The first kappa shape index (κ1) is 23.5. The fourth-order valence-corrected chi connectivity index (χ4v) is 8.66. The van der Waals surface area contributed by atoms with Crippen LogP contribution in [-0.2, 0) is 9.53 Å². The largest absolute Gasteiger partial charge is 0.504 e. The Morgan fingerprint density at radius 2 is 1.74 bits per heavy atom. The Bertz CT molecular complexity index is 1150. The Morgan fingerprint density at radius 3 is 2.41 bits per heavy atom. The van der Waals surface area contributed by atoms with E-state index >= 15 is 0 Å². The first-order chi connectivity index (χ1) is 15.8. The van der Waals surface area contributed by atoms with Gasteiger partial charge in [0.2, 0.25) is 0 Å². The van der Waals surface area contributed by atoms with Crippen molar-refractivity contribution in [1.82, 2.24) is 0 Å². The van der Waals surface area contributed by atoms with Crippen LogP contribution in [0, 0.1) is 39.9 Å². The standard InChI is InChI=1S/C30H40O4/c1-18-19-8-10-28(4)21(20(19)16-22(31)24(18)32)9-11-29(5)23-17-27(3,25(33)34-7)13-12-26(23,2)14-15-30(28,29)6/h8-10,16,23,31-32H,11-15,17H2,1-7H3/t23-,26-,27-,28-,29+,30-/m1/s1. The fourth-order valence-electron chi connectivity index (χ4n) is 8.66. The third kappa shape index (κ3) is 2.63. The maximum Gasteiger partial charge on any atom is 0.311 e. The molecule has 0 spiro atoms. The van der Waals surface area contributed by atoms with Crippen LogP contribution in [0.3, 0.4) is 0 Å². The number of allylic oxidation sites excluding steroid dienone is 3. The second-order valence-corrected chi connectivity index (χ2v) is 12.9. The molecule has 34 heavy (non-hydrogen) atoms. The molecule has 2 saturated carbocycles. The molecule has 0 radical (unpaired) electrons. The van der Waals surface area contributed by atoms with Gasteiger partial charge in [-0.3, -0.25) is 4.79 Å². The van der Waals surface area contributed by atoms with Crippen molar-refractivity contribution in [1.29, 1.82) is 0 Å². The average Bonchev–Trinajstić information content (AvgIpc) is 2.80. The molecular formula is C30H40O4. The fraction of sp³-hybridized carbons (Fsp3) is 0.633. The number of phenols is 2. The summed E-state index contributed by atoms with van der Waals surface area (Å²) in [6, 6.07) is 1.75. The van der Waals surface area contributed by atoms with Gasteiger partial charge >= 0.3 is 5.97 Å². The highest BCUT2D eigenvalue weighted by Crippen LogP contribution is 2.76. The van der Waals surface area contributed by atoms with E-state index in [1.54, 1.807) is 6.07 Å². The Labute approximate surface area is 204 Å². The molecule has 5 rings (SSSR count). The van der Waals surface area contributed by atoms with Crippen molar-refractivity contribution in [2.75, 3.05) is 7.11 Å². The Hall–Kier alpha value is -2.23. The molecule has 0 saturated heterocycles. The van der Waals surface area contributed by atoms with Crippen molar-refractivity contribution in [3.63, 3.8) is 0 Å². The number of hydrogen-bond acceptors (Lipinski definition) is 4. The van der Waals surface area contributed by atoms with E-state index in [-0.39, 0.29) is 39.1 Å². The SMILES string of the molecule is COC(=O)[C@]1(C)CC[C@]2(C)CC[C@@]3(C)[C@@](C)(CC=C4c5cc(O)c(O)c(C)c5C=C[C@]43C)[C@@H]2C1. The minimum absolute atomic E-state index is 0.0156. The smallest absolute Gasteiger partial charge is 0.311 e. The van der Waals surface area contributed by atoms with Gasteiger partial charge in [0.1, 0.15) is 0 Å². The zero-order valence-corrected chi connectivity index (χ0v) is 21.8. The molecule has 4 aliphatic rings. The van der Waals surface area contributed by atoms with Crippen molar-refractivity contribution >= 4 is 17.6 Å². The molecule has 2 fully saturated rings. The van der Waals surface area contributed by atoms with Crippen LogP contribution in [0.5, 0.6) is 11.5 Å². The van der Waals surface area contributed by atoms with Gasteiger partial charge in [-0.25, -0.2) is 0 Å². The van der Waals surface area contributed by atoms with E-state index < -0.39 is 5.41 Å². The molecular weight excluding hydrogens is 424 g/mol. The molecule has 0 aromatic heterocycles. The number of carbonyl (C=O) groups excluding carboxylic acids is 1. The molecule has 4 aliphatic carbocycles. The van der Waals surface area contributed by atoms with Crippen molar-refractivity contribution in [2.24, 2.45) is 33.0 Å². The van der Waals surface area contributed by atoms with Gasteiger partial charge in [-0.1, -0.05) is 45.9 Å². The highest BCUT2D eigenvalue weighted by Gasteiger charge is 2.68. The lowest BCUT2D eigenvalue weighted by Gasteiger charge is -2.70. The molecule has 184 valence electrons. The second kappa shape index (κ2) is 6.92. The summed E-state index contributed by atoms with van der Waals surface area (Å²) in [5.41, 5.74) is 3.62. The van der Waals surface area contributed by atoms with E-state index in [9.17, 15) is 15.0 Å². The van der Waals surface area contributed by atoms with Gasteiger partial charge in [0, 0.05) is 11.0 Å². The van der Waals surface area contributed by atoms with Gasteiger partial charge in [0.15, 0.2) is 11.5 Å². The van der Waals surface area contributed by atoms with Gasteiger partial charge in [-0.05, 0) is 97.3 Å². The predicted octanol–water partition coefficient (Wildman–Crippen LogP) is 7.02. The summed E-state index contributed by atoms with van der Waals surface area (Å²) in [5.74, 6) is 0.264. The minimum Gasteiger partial charge on any atom is -0.504 e. The number of aromatic hydroxyl groups is 2. The summed E-state index contributed by atoms with van der Waals surface area (Å²) in [5, 5.41) is 20.8. The molecule has 1 aromatic carbocycles. The Balaban J connectivity index is 1.66. The molecule has 0 aliphatic heterocycles. The van der Waals surface area contributed by atoms with E-state index in [1.807, 2.05) is 6.92 Å². The van der Waals surface area contributed by atoms with E-state index in [0.29, 0.717) is 5.92 Å². The third-order valence-electron chi connectivity index (χ3n) is 11.5. The van der Waals surface area contributed by atoms with Crippen LogP contribution in [-0.4, -0.2) is 23.3 Å². The summed E-state index contributed by atoms with van der Waals surface area (Å²) in [6.07, 6.45) is 13.0. The van der Waals surface area contributed by atoms with E-state index in [2.05, 4.69) is 52.8 Å². The number of benzene rings is 1. The summed E-state index contributed by atoms with van der Waals surface area (Å²) < 4.78 is 5.27. The molecule has 0 heterocycles. The Kier molecular flexibility index (Phi) is 4.79. The number of esters is 1. The zero-order chi connectivity index (χ0) is 24.9. The summed E-state index contributed by atoms with van der Waals surface area (Å²) in [7, 11) is 1.52. The first-order valence-corrected chi connectivity index (χ1v) is 12.8. The number of phenolic OH excluding ortho intramolecular Hbond substituents is 2. The molecule has 0 unspecified atom stereocenters. The van der Waals surface area contributed by atoms with Crippen LogP contribution in [0.15, 0.2) is 18.2 Å². The molecule has 4 heteroatoms. The number of rotatable bonds is 1. The van der Waals surface area contributed by atoms with Gasteiger partial charge in [0.25, 0.3) is 0 Å². The van der Waals surface area contributed by atoms with Gasteiger partial charge in [-0.2, -0.15) is 0 Å². The highest BCUT2D eigenvalue weighted by atomic mass is 16.5. The maximum atomic E-state index is 12.8. The number of methoxy groups -OCH3 is 1. The lowest BCUT2D eigenvalue weighted by Crippen LogP contribution is -2.63. The second-order valence-electron chi connectivity index (χ2n) is 12.9. The summed E-state index contributed by atoms with van der Waals surface area (Å²) >= 11 is 0. The van der Waals surface area contributed by atoms with E-state index in [0.717, 1.165) is 55.2 Å². The van der Waals surface area contributed by atoms with Crippen molar-refractivity contribution in [3.05, 3.63) is 34.9 Å². The lowest BCUT2D eigenvalue weighted by molar-refractivity contribution is -0.190. The number of ether oxygens (including phenoxy) is 1. The normalized spacial score (nSPS) is 42.6. The van der Waals surface area contributed by atoms with Crippen molar-refractivity contribution in [2.45, 2.75) is 80.1 Å². The van der Waals surface area contributed by atoms with Crippen LogP contribution >= 0.6 is 0 Å². The van der Waals surface area contributed by atoms with Crippen LogP contribution in [0.1, 0.15) is 89.8 Å². The molecule has 1 aromatic rings. The van der Waals surface area contributed by atoms with Crippen LogP contribution in [0.2, 0.25) is 0 Å². The van der Waals surface area contributed by atoms with Crippen LogP contribution in [0.4, 0.5) is 0 Å². The number of carbonyl (C=O) groups is 1. The first-order valence-electron chi connectivity index (χ1n) is 12.8. The van der Waals surface area contributed by atoms with Gasteiger partial charge < -0.3 is 14.9 Å². The minimum atomic E-state index is -0.430. The zero-order valence-electron chi connectivity index (χ0n) is 21.8.